The van der Waals surface area contributed by atoms with Crippen molar-refractivity contribution in [3.05, 3.63) is 0 Å². The van der Waals surface area contributed by atoms with Crippen molar-refractivity contribution in [2.45, 2.75) is 129 Å². The molecule has 0 bridgehead atoms. The predicted molar refractivity (Wildman–Crippen MR) is 134 cm³/mol. The fourth-order valence-corrected chi connectivity index (χ4v) is 9.67. The third kappa shape index (κ3) is 4.49. The number of ether oxygens (including phenoxy) is 1. The highest BCUT2D eigenvalue weighted by Gasteiger charge is 2.67. The molecule has 6 nitrogen and oxygen atoms in total. The van der Waals surface area contributed by atoms with Crippen LogP contribution >= 0.6 is 0 Å². The fraction of sp³-hybridized carbons (Fsp3) is 0.966. The Kier molecular flexibility index (Phi) is 7.47. The predicted octanol–water partition coefficient (Wildman–Crippen LogP) is 4.21. The molecular formula is C29H50O6. The monoisotopic (exact) mass is 494 g/mol. The molecule has 0 radical (unpaired) electrons. The number of aliphatic hydroxyl groups is 4. The van der Waals surface area contributed by atoms with Gasteiger partial charge in [0.15, 0.2) is 0 Å². The first-order chi connectivity index (χ1) is 16.3. The van der Waals surface area contributed by atoms with E-state index in [0.29, 0.717) is 54.3 Å². The number of esters is 1. The van der Waals surface area contributed by atoms with Crippen LogP contribution in [0.2, 0.25) is 0 Å². The van der Waals surface area contributed by atoms with Crippen molar-refractivity contribution in [1.29, 1.82) is 0 Å². The average Bonchev–Trinajstić information content (AvgIpc) is 3.15. The van der Waals surface area contributed by atoms with E-state index in [2.05, 4.69) is 20.8 Å². The second kappa shape index (κ2) is 9.56. The highest BCUT2D eigenvalue weighted by atomic mass is 16.6. The minimum atomic E-state index is -1.20. The van der Waals surface area contributed by atoms with Crippen molar-refractivity contribution in [3.63, 3.8) is 0 Å². The van der Waals surface area contributed by atoms with Crippen molar-refractivity contribution >= 4 is 5.97 Å². The van der Waals surface area contributed by atoms with E-state index in [4.69, 9.17) is 4.74 Å². The lowest BCUT2D eigenvalue weighted by molar-refractivity contribution is -0.270. The van der Waals surface area contributed by atoms with Gasteiger partial charge in [0.1, 0.15) is 12.2 Å². The summed E-state index contributed by atoms with van der Waals surface area (Å²) < 4.78 is 5.41. The molecule has 0 heterocycles. The van der Waals surface area contributed by atoms with Gasteiger partial charge in [-0.1, -0.05) is 33.6 Å². The van der Waals surface area contributed by atoms with E-state index in [1.54, 1.807) is 6.92 Å². The lowest BCUT2D eigenvalue weighted by atomic mass is 9.42. The summed E-state index contributed by atoms with van der Waals surface area (Å²) in [6, 6.07) is 0. The zero-order chi connectivity index (χ0) is 25.8. The van der Waals surface area contributed by atoms with Crippen LogP contribution in [-0.4, -0.2) is 56.4 Å². The third-order valence-electron chi connectivity index (χ3n) is 11.7. The molecule has 0 aliphatic heterocycles. The van der Waals surface area contributed by atoms with E-state index >= 15 is 0 Å². The molecule has 4 aliphatic rings. The standard InChI is InChI=1S/C29H50O6/c1-18(7-6-13-26(3,33)17-30)21-8-9-22-20-10-16-29(34)25(32)24(35-19(2)31)12-15-28(29,5)23(20)11-14-27(21,22)4/h18,20-25,30,32-34H,6-17H2,1-5H3/t18-,20+,21-,22+,23+,24+,25?,26?,27-,28-,29?/m1/s1. The van der Waals surface area contributed by atoms with E-state index in [1.807, 2.05) is 0 Å². The summed E-state index contributed by atoms with van der Waals surface area (Å²) in [4.78, 5) is 11.6. The number of hydrogen-bond acceptors (Lipinski definition) is 6. The molecule has 0 aromatic rings. The van der Waals surface area contributed by atoms with Crippen molar-refractivity contribution < 1.29 is 30.0 Å². The molecule has 35 heavy (non-hydrogen) atoms. The van der Waals surface area contributed by atoms with Crippen LogP contribution in [0.1, 0.15) is 105 Å². The molecular weight excluding hydrogens is 444 g/mol. The maximum absolute atomic E-state index is 11.9. The third-order valence-corrected chi connectivity index (χ3v) is 11.7. The van der Waals surface area contributed by atoms with Crippen LogP contribution in [0.5, 0.6) is 0 Å². The van der Waals surface area contributed by atoms with Gasteiger partial charge in [0, 0.05) is 12.3 Å². The molecule has 0 amide bonds. The van der Waals surface area contributed by atoms with Gasteiger partial charge in [0.05, 0.1) is 17.8 Å². The molecule has 3 unspecified atom stereocenters. The van der Waals surface area contributed by atoms with Gasteiger partial charge in [-0.2, -0.15) is 0 Å². The maximum Gasteiger partial charge on any atom is 0.302 e. The van der Waals surface area contributed by atoms with E-state index in [0.717, 1.165) is 38.5 Å². The Morgan fingerprint density at radius 1 is 1.09 bits per heavy atom. The van der Waals surface area contributed by atoms with Gasteiger partial charge in [0.2, 0.25) is 0 Å². The van der Waals surface area contributed by atoms with Crippen LogP contribution in [0, 0.1) is 40.4 Å². The zero-order valence-electron chi connectivity index (χ0n) is 22.6. The van der Waals surface area contributed by atoms with Crippen molar-refractivity contribution in [2.75, 3.05) is 6.61 Å². The van der Waals surface area contributed by atoms with Crippen molar-refractivity contribution in [2.24, 2.45) is 40.4 Å². The second-order valence-electron chi connectivity index (χ2n) is 13.6. The van der Waals surface area contributed by atoms with Crippen molar-refractivity contribution in [3.8, 4) is 0 Å². The highest BCUT2D eigenvalue weighted by molar-refractivity contribution is 5.66. The largest absolute Gasteiger partial charge is 0.460 e. The first-order valence-electron chi connectivity index (χ1n) is 14.2. The topological polar surface area (TPSA) is 107 Å². The molecule has 0 saturated heterocycles. The lowest BCUT2D eigenvalue weighted by Crippen LogP contribution is -2.69. The quantitative estimate of drug-likeness (QED) is 0.395. The van der Waals surface area contributed by atoms with Crippen LogP contribution < -0.4 is 0 Å². The maximum atomic E-state index is 11.9. The average molecular weight is 495 g/mol. The fourth-order valence-electron chi connectivity index (χ4n) is 9.67. The lowest BCUT2D eigenvalue weighted by Gasteiger charge is -2.65. The van der Waals surface area contributed by atoms with Crippen LogP contribution in [-0.2, 0) is 9.53 Å². The number of fused-ring (bicyclic) bond motifs is 5. The summed E-state index contributed by atoms with van der Waals surface area (Å²) in [7, 11) is 0. The van der Waals surface area contributed by atoms with Gasteiger partial charge in [-0.05, 0) is 99.7 Å². The molecule has 11 atom stereocenters. The summed E-state index contributed by atoms with van der Waals surface area (Å²) in [6.45, 7) is 9.99. The van der Waals surface area contributed by atoms with Gasteiger partial charge >= 0.3 is 5.97 Å². The van der Waals surface area contributed by atoms with Gasteiger partial charge in [-0.15, -0.1) is 0 Å². The molecule has 202 valence electrons. The van der Waals surface area contributed by atoms with Crippen LogP contribution in [0.3, 0.4) is 0 Å². The number of carbonyl (C=O) groups is 1. The summed E-state index contributed by atoms with van der Waals surface area (Å²) in [5.41, 5.74) is -2.23. The smallest absolute Gasteiger partial charge is 0.302 e. The Hall–Kier alpha value is -0.690. The normalized spacial score (nSPS) is 47.7. The summed E-state index contributed by atoms with van der Waals surface area (Å²) in [5.74, 6) is 2.48. The molecule has 4 N–H and O–H groups in total. The van der Waals surface area contributed by atoms with E-state index < -0.39 is 29.4 Å². The molecule has 4 fully saturated rings. The molecule has 0 aromatic carbocycles. The zero-order valence-corrected chi connectivity index (χ0v) is 22.6. The number of carbonyl (C=O) groups excluding carboxylic acids is 1. The number of aliphatic hydroxyl groups excluding tert-OH is 2. The first kappa shape index (κ1) is 27.3. The second-order valence-corrected chi connectivity index (χ2v) is 13.6. The minimum absolute atomic E-state index is 0.185. The molecule has 4 aliphatic carbocycles. The van der Waals surface area contributed by atoms with Gasteiger partial charge in [0.25, 0.3) is 0 Å². The van der Waals surface area contributed by atoms with Gasteiger partial charge < -0.3 is 25.2 Å². The van der Waals surface area contributed by atoms with E-state index in [1.165, 1.54) is 19.8 Å². The highest BCUT2D eigenvalue weighted by Crippen LogP contribution is 2.69. The van der Waals surface area contributed by atoms with E-state index in [-0.39, 0.29) is 12.0 Å². The molecule has 0 aromatic heterocycles. The van der Waals surface area contributed by atoms with Crippen LogP contribution in [0.4, 0.5) is 0 Å². The Morgan fingerprint density at radius 2 is 1.80 bits per heavy atom. The molecule has 0 spiro atoms. The van der Waals surface area contributed by atoms with Crippen LogP contribution in [0.25, 0.3) is 0 Å². The van der Waals surface area contributed by atoms with Crippen molar-refractivity contribution in [1.82, 2.24) is 0 Å². The Labute approximate surface area is 211 Å². The Balaban J connectivity index is 1.47. The number of hydrogen-bond donors (Lipinski definition) is 4. The van der Waals surface area contributed by atoms with Gasteiger partial charge in [-0.3, -0.25) is 4.79 Å². The number of rotatable bonds is 7. The minimum Gasteiger partial charge on any atom is -0.460 e. The summed E-state index contributed by atoms with van der Waals surface area (Å²) in [5, 5.41) is 42.6. The van der Waals surface area contributed by atoms with Gasteiger partial charge in [-0.25, -0.2) is 0 Å². The SMILES string of the molecule is CC(=O)O[C@H]1CC[C@]2(C)[C@H]3CC[C@]4(C)[C@@H]([C@H](C)CCCC(C)(O)CO)CC[C@H]4[C@@H]3CCC2(O)C1O. The summed E-state index contributed by atoms with van der Waals surface area (Å²) in [6.07, 6.45) is 8.67. The Bertz CT molecular complexity index is 783. The first-order valence-corrected chi connectivity index (χ1v) is 14.2. The Morgan fingerprint density at radius 3 is 2.46 bits per heavy atom. The molecule has 4 saturated carbocycles. The summed E-state index contributed by atoms with van der Waals surface area (Å²) >= 11 is 0. The van der Waals surface area contributed by atoms with Crippen LogP contribution in [0.15, 0.2) is 0 Å². The molecule has 6 heteroatoms. The molecule has 4 rings (SSSR count). The van der Waals surface area contributed by atoms with E-state index in [9.17, 15) is 25.2 Å².